The number of benzene rings is 1. The summed E-state index contributed by atoms with van der Waals surface area (Å²) < 4.78 is 37.5. The number of nitrogens with two attached hydrogens (primary N) is 1. The average molecular weight is 283 g/mol. The van der Waals surface area contributed by atoms with Crippen molar-refractivity contribution in [2.75, 3.05) is 6.54 Å². The highest BCUT2D eigenvalue weighted by Crippen LogP contribution is 2.30. The highest BCUT2D eigenvalue weighted by Gasteiger charge is 2.30. The van der Waals surface area contributed by atoms with E-state index in [1.54, 1.807) is 6.20 Å². The maximum absolute atomic E-state index is 12.5. The summed E-state index contributed by atoms with van der Waals surface area (Å²) in [5.41, 5.74) is 6.22. The van der Waals surface area contributed by atoms with Crippen molar-refractivity contribution in [2.45, 2.75) is 25.4 Å². The molecule has 1 heterocycles. The summed E-state index contributed by atoms with van der Waals surface area (Å²) in [6.45, 7) is 2.57. The molecule has 1 aromatic carbocycles. The van der Waals surface area contributed by atoms with Gasteiger partial charge in [-0.2, -0.15) is 13.2 Å². The van der Waals surface area contributed by atoms with Crippen molar-refractivity contribution in [1.29, 1.82) is 0 Å². The third kappa shape index (κ3) is 3.19. The molecule has 1 unspecified atom stereocenters. The van der Waals surface area contributed by atoms with E-state index in [1.807, 2.05) is 6.92 Å². The Kier molecular flexibility index (Phi) is 4.13. The summed E-state index contributed by atoms with van der Waals surface area (Å²) in [6, 6.07) is 5.01. The number of alkyl halides is 3. The van der Waals surface area contributed by atoms with Crippen molar-refractivity contribution >= 4 is 0 Å². The standard InChI is InChI=1S/C14H16F3N3/c1-9(6-7-18)13-19-8-12(20-13)10-2-4-11(5-3-10)14(15,16)17/h2-5,8-9H,6-7,18H2,1H3,(H,19,20). The zero-order valence-corrected chi connectivity index (χ0v) is 11.0. The minimum Gasteiger partial charge on any atom is -0.342 e. The molecule has 2 rings (SSSR count). The molecule has 6 heteroatoms. The van der Waals surface area contributed by atoms with Crippen LogP contribution in [0.5, 0.6) is 0 Å². The molecule has 3 nitrogen and oxygen atoms in total. The van der Waals surface area contributed by atoms with Crippen LogP contribution >= 0.6 is 0 Å². The molecule has 0 saturated heterocycles. The first-order valence-corrected chi connectivity index (χ1v) is 6.34. The van der Waals surface area contributed by atoms with Gasteiger partial charge in [0.2, 0.25) is 0 Å². The summed E-state index contributed by atoms with van der Waals surface area (Å²) in [6.07, 6.45) is -1.88. The van der Waals surface area contributed by atoms with E-state index in [4.69, 9.17) is 5.73 Å². The normalized spacial score (nSPS) is 13.4. The number of aromatic nitrogens is 2. The minimum absolute atomic E-state index is 0.197. The Bertz CT molecular complexity index is 558. The smallest absolute Gasteiger partial charge is 0.342 e. The van der Waals surface area contributed by atoms with Gasteiger partial charge in [0, 0.05) is 5.92 Å². The Labute approximate surface area is 115 Å². The van der Waals surface area contributed by atoms with E-state index in [2.05, 4.69) is 9.97 Å². The van der Waals surface area contributed by atoms with Crippen molar-refractivity contribution in [3.05, 3.63) is 41.9 Å². The lowest BCUT2D eigenvalue weighted by Gasteiger charge is -2.07. The van der Waals surface area contributed by atoms with Crippen LogP contribution in [0.3, 0.4) is 0 Å². The van der Waals surface area contributed by atoms with Gasteiger partial charge in [-0.1, -0.05) is 19.1 Å². The third-order valence-electron chi connectivity index (χ3n) is 3.19. The number of hydrogen-bond donors (Lipinski definition) is 2. The number of aromatic amines is 1. The predicted octanol–water partition coefficient (Wildman–Crippen LogP) is 3.55. The van der Waals surface area contributed by atoms with Crippen LogP contribution in [0.1, 0.15) is 30.7 Å². The molecule has 0 saturated carbocycles. The molecule has 0 bridgehead atoms. The molecule has 2 aromatic rings. The van der Waals surface area contributed by atoms with Gasteiger partial charge in [-0.25, -0.2) is 4.98 Å². The van der Waals surface area contributed by atoms with E-state index in [9.17, 15) is 13.2 Å². The van der Waals surface area contributed by atoms with Crippen LogP contribution in [0, 0.1) is 0 Å². The molecule has 0 aliphatic heterocycles. The molecule has 20 heavy (non-hydrogen) atoms. The number of rotatable bonds is 4. The molecule has 1 aromatic heterocycles. The summed E-state index contributed by atoms with van der Waals surface area (Å²) in [4.78, 5) is 7.37. The van der Waals surface area contributed by atoms with E-state index < -0.39 is 11.7 Å². The fourth-order valence-electron chi connectivity index (χ4n) is 1.96. The van der Waals surface area contributed by atoms with E-state index >= 15 is 0 Å². The Morgan fingerprint density at radius 1 is 1.25 bits per heavy atom. The zero-order chi connectivity index (χ0) is 14.8. The molecular formula is C14H16F3N3. The minimum atomic E-state index is -4.31. The zero-order valence-electron chi connectivity index (χ0n) is 11.0. The highest BCUT2D eigenvalue weighted by molar-refractivity contribution is 5.59. The van der Waals surface area contributed by atoms with Gasteiger partial charge in [0.25, 0.3) is 0 Å². The number of nitrogens with zero attached hydrogens (tertiary/aromatic N) is 1. The monoisotopic (exact) mass is 283 g/mol. The Balaban J connectivity index is 2.20. The van der Waals surface area contributed by atoms with Crippen LogP contribution in [0.4, 0.5) is 13.2 Å². The lowest BCUT2D eigenvalue weighted by Crippen LogP contribution is -2.05. The summed E-state index contributed by atoms with van der Waals surface area (Å²) in [7, 11) is 0. The Morgan fingerprint density at radius 2 is 1.90 bits per heavy atom. The van der Waals surface area contributed by atoms with Crippen molar-refractivity contribution in [2.24, 2.45) is 5.73 Å². The van der Waals surface area contributed by atoms with E-state index in [-0.39, 0.29) is 5.92 Å². The maximum atomic E-state index is 12.5. The lowest BCUT2D eigenvalue weighted by atomic mass is 10.1. The number of halogens is 3. The molecule has 108 valence electrons. The second-order valence-corrected chi connectivity index (χ2v) is 4.74. The molecule has 0 radical (unpaired) electrons. The van der Waals surface area contributed by atoms with Gasteiger partial charge in [0.15, 0.2) is 0 Å². The van der Waals surface area contributed by atoms with E-state index in [1.165, 1.54) is 12.1 Å². The molecule has 0 aliphatic rings. The first-order valence-electron chi connectivity index (χ1n) is 6.34. The Morgan fingerprint density at radius 3 is 2.45 bits per heavy atom. The van der Waals surface area contributed by atoms with Crippen LogP contribution in [-0.4, -0.2) is 16.5 Å². The molecule has 1 atom stereocenters. The second-order valence-electron chi connectivity index (χ2n) is 4.74. The van der Waals surface area contributed by atoms with Crippen LogP contribution in [0.2, 0.25) is 0 Å². The molecule has 0 aliphatic carbocycles. The number of H-pyrrole nitrogens is 1. The van der Waals surface area contributed by atoms with Crippen LogP contribution in [0.25, 0.3) is 11.3 Å². The van der Waals surface area contributed by atoms with Crippen LogP contribution in [0.15, 0.2) is 30.5 Å². The predicted molar refractivity (Wildman–Crippen MR) is 71.1 cm³/mol. The molecule has 0 fully saturated rings. The van der Waals surface area contributed by atoms with Gasteiger partial charge in [-0.05, 0) is 30.7 Å². The van der Waals surface area contributed by atoms with Crippen molar-refractivity contribution in [3.63, 3.8) is 0 Å². The fraction of sp³-hybridized carbons (Fsp3) is 0.357. The number of nitrogens with one attached hydrogen (secondary N) is 1. The van der Waals surface area contributed by atoms with Crippen molar-refractivity contribution in [3.8, 4) is 11.3 Å². The van der Waals surface area contributed by atoms with Crippen LogP contribution in [-0.2, 0) is 6.18 Å². The highest BCUT2D eigenvalue weighted by atomic mass is 19.4. The van der Waals surface area contributed by atoms with Gasteiger partial charge in [-0.15, -0.1) is 0 Å². The SMILES string of the molecule is CC(CCN)c1ncc(-c2ccc(C(F)(F)F)cc2)[nH]1. The van der Waals surface area contributed by atoms with Crippen LogP contribution < -0.4 is 5.73 Å². The van der Waals surface area contributed by atoms with Gasteiger partial charge >= 0.3 is 6.18 Å². The topological polar surface area (TPSA) is 54.7 Å². The first-order chi connectivity index (χ1) is 9.41. The van der Waals surface area contributed by atoms with Crippen molar-refractivity contribution < 1.29 is 13.2 Å². The quantitative estimate of drug-likeness (QED) is 0.901. The largest absolute Gasteiger partial charge is 0.416 e. The summed E-state index contributed by atoms with van der Waals surface area (Å²) in [5.74, 6) is 0.994. The van der Waals surface area contributed by atoms with Gasteiger partial charge < -0.3 is 10.7 Å². The van der Waals surface area contributed by atoms with Gasteiger partial charge in [0.05, 0.1) is 17.5 Å². The maximum Gasteiger partial charge on any atom is 0.416 e. The number of hydrogen-bond acceptors (Lipinski definition) is 2. The third-order valence-corrected chi connectivity index (χ3v) is 3.19. The van der Waals surface area contributed by atoms with Gasteiger partial charge in [0.1, 0.15) is 5.82 Å². The molecule has 0 spiro atoms. The number of imidazole rings is 1. The molecule has 3 N–H and O–H groups in total. The van der Waals surface area contributed by atoms with E-state index in [0.717, 1.165) is 24.4 Å². The molecule has 0 amide bonds. The Hall–Kier alpha value is -1.82. The summed E-state index contributed by atoms with van der Waals surface area (Å²) >= 11 is 0. The first kappa shape index (κ1) is 14.6. The fourth-order valence-corrected chi connectivity index (χ4v) is 1.96. The van der Waals surface area contributed by atoms with E-state index in [0.29, 0.717) is 17.8 Å². The second kappa shape index (κ2) is 5.66. The average Bonchev–Trinajstić information content (AvgIpc) is 2.88. The summed E-state index contributed by atoms with van der Waals surface area (Å²) in [5, 5.41) is 0. The lowest BCUT2D eigenvalue weighted by molar-refractivity contribution is -0.137. The molecular weight excluding hydrogens is 267 g/mol. The van der Waals surface area contributed by atoms with Gasteiger partial charge in [-0.3, -0.25) is 0 Å². The van der Waals surface area contributed by atoms with Crippen molar-refractivity contribution in [1.82, 2.24) is 9.97 Å².